The Labute approximate surface area is 100 Å². The van der Waals surface area contributed by atoms with Gasteiger partial charge in [-0.25, -0.2) is 0 Å². The molecule has 0 aliphatic heterocycles. The van der Waals surface area contributed by atoms with Crippen LogP contribution in [0.3, 0.4) is 0 Å². The van der Waals surface area contributed by atoms with Crippen molar-refractivity contribution in [1.82, 2.24) is 5.32 Å². The van der Waals surface area contributed by atoms with E-state index in [0.29, 0.717) is 0 Å². The molecule has 1 saturated carbocycles. The van der Waals surface area contributed by atoms with Gasteiger partial charge in [-0.15, -0.1) is 11.3 Å². The lowest BCUT2D eigenvalue weighted by Gasteiger charge is -2.16. The normalized spacial score (nSPS) is 19.2. The number of hydrogen-bond donors (Lipinski definition) is 2. The fourth-order valence-corrected chi connectivity index (χ4v) is 2.70. The van der Waals surface area contributed by atoms with E-state index < -0.39 is 5.54 Å². The third kappa shape index (κ3) is 2.62. The number of hydrogen-bond acceptors (Lipinski definition) is 3. The Morgan fingerprint density at radius 2 is 2.31 bits per heavy atom. The van der Waals surface area contributed by atoms with Gasteiger partial charge >= 0.3 is 0 Å². The van der Waals surface area contributed by atoms with Crippen molar-refractivity contribution in [2.24, 2.45) is 5.73 Å². The smallest absolute Gasteiger partial charge is 0.240 e. The zero-order chi connectivity index (χ0) is 11.8. The number of nitrogens with one attached hydrogen (secondary N) is 1. The Kier molecular flexibility index (Phi) is 3.04. The monoisotopic (exact) mass is 238 g/mol. The maximum atomic E-state index is 11.7. The van der Waals surface area contributed by atoms with E-state index in [9.17, 15) is 4.79 Å². The average Bonchev–Trinajstić information content (AvgIpc) is 2.82. The fourth-order valence-electron chi connectivity index (χ4n) is 1.68. The Morgan fingerprint density at radius 3 is 2.81 bits per heavy atom. The minimum absolute atomic E-state index is 0.00766. The highest BCUT2D eigenvalue weighted by atomic mass is 32.1. The van der Waals surface area contributed by atoms with Crippen LogP contribution in [0.15, 0.2) is 12.1 Å². The van der Waals surface area contributed by atoms with Crippen LogP contribution in [0, 0.1) is 6.92 Å². The largest absolute Gasteiger partial charge is 0.352 e. The summed E-state index contributed by atoms with van der Waals surface area (Å²) in [6.07, 6.45) is 2.54. The molecule has 1 heterocycles. The second-order valence-electron chi connectivity index (χ2n) is 4.75. The zero-order valence-corrected chi connectivity index (χ0v) is 10.6. The van der Waals surface area contributed by atoms with Crippen molar-refractivity contribution in [3.8, 4) is 0 Å². The maximum Gasteiger partial charge on any atom is 0.240 e. The molecule has 2 rings (SSSR count). The first-order valence-electron chi connectivity index (χ1n) is 5.65. The Bertz CT molecular complexity index is 395. The highest BCUT2D eigenvalue weighted by Gasteiger charge is 2.46. The summed E-state index contributed by atoms with van der Waals surface area (Å²) in [6, 6.07) is 4.39. The second kappa shape index (κ2) is 4.18. The quantitative estimate of drug-likeness (QED) is 0.837. The molecule has 1 aromatic rings. The number of aryl methyl sites for hydroxylation is 1. The van der Waals surface area contributed by atoms with Crippen molar-refractivity contribution in [3.63, 3.8) is 0 Å². The fraction of sp³-hybridized carbons (Fsp3) is 0.583. The molecule has 1 amide bonds. The Balaban J connectivity index is 1.84. The van der Waals surface area contributed by atoms with Gasteiger partial charge in [-0.2, -0.15) is 0 Å². The molecule has 0 bridgehead atoms. The average molecular weight is 238 g/mol. The third-order valence-corrected chi connectivity index (χ3v) is 3.94. The number of nitrogens with two attached hydrogens (primary N) is 1. The molecule has 1 aliphatic rings. The van der Waals surface area contributed by atoms with E-state index >= 15 is 0 Å². The summed E-state index contributed by atoms with van der Waals surface area (Å²) in [6.45, 7) is 4.12. The van der Waals surface area contributed by atoms with Gasteiger partial charge in [0.15, 0.2) is 0 Å². The summed E-state index contributed by atoms with van der Waals surface area (Å²) >= 11 is 1.78. The predicted octanol–water partition coefficient (Wildman–Crippen LogP) is 1.60. The molecular formula is C12H18N2OS. The summed E-state index contributed by atoms with van der Waals surface area (Å²) in [5.41, 5.74) is 5.27. The van der Waals surface area contributed by atoms with Gasteiger partial charge in [-0.05, 0) is 38.8 Å². The van der Waals surface area contributed by atoms with Gasteiger partial charge in [0.05, 0.1) is 5.54 Å². The van der Waals surface area contributed by atoms with Crippen molar-refractivity contribution >= 4 is 17.2 Å². The number of carbonyl (C=O) groups is 1. The van der Waals surface area contributed by atoms with E-state index in [1.165, 1.54) is 9.75 Å². The molecule has 1 fully saturated rings. The maximum absolute atomic E-state index is 11.7. The van der Waals surface area contributed by atoms with E-state index in [-0.39, 0.29) is 11.9 Å². The van der Waals surface area contributed by atoms with Gasteiger partial charge in [-0.3, -0.25) is 4.79 Å². The van der Waals surface area contributed by atoms with Crippen LogP contribution in [0.2, 0.25) is 0 Å². The molecule has 16 heavy (non-hydrogen) atoms. The van der Waals surface area contributed by atoms with E-state index in [0.717, 1.165) is 19.3 Å². The van der Waals surface area contributed by atoms with E-state index in [1.807, 2.05) is 6.92 Å². The summed E-state index contributed by atoms with van der Waals surface area (Å²) in [7, 11) is 0. The molecule has 3 nitrogen and oxygen atoms in total. The molecule has 1 unspecified atom stereocenters. The topological polar surface area (TPSA) is 55.1 Å². The summed E-state index contributed by atoms with van der Waals surface area (Å²) < 4.78 is 0. The van der Waals surface area contributed by atoms with Gasteiger partial charge in [0.2, 0.25) is 5.91 Å². The molecular weight excluding hydrogens is 220 g/mol. The molecule has 0 radical (unpaired) electrons. The molecule has 0 spiro atoms. The molecule has 1 aromatic heterocycles. The molecule has 88 valence electrons. The highest BCUT2D eigenvalue weighted by molar-refractivity contribution is 7.11. The highest BCUT2D eigenvalue weighted by Crippen LogP contribution is 2.32. The summed E-state index contributed by atoms with van der Waals surface area (Å²) in [4.78, 5) is 14.3. The molecule has 4 heteroatoms. The lowest BCUT2D eigenvalue weighted by atomic mass is 10.2. The first kappa shape index (κ1) is 11.6. The molecule has 0 saturated heterocycles. The van der Waals surface area contributed by atoms with Crippen molar-refractivity contribution < 1.29 is 4.79 Å². The van der Waals surface area contributed by atoms with E-state index in [2.05, 4.69) is 24.4 Å². The zero-order valence-electron chi connectivity index (χ0n) is 9.75. The molecule has 1 aliphatic carbocycles. The summed E-state index contributed by atoms with van der Waals surface area (Å²) in [5, 5.41) is 2.98. The van der Waals surface area contributed by atoms with Gasteiger partial charge in [0.25, 0.3) is 0 Å². The SMILES string of the molecule is Cc1ccc(CC(C)NC(=O)C2(N)CC2)s1. The molecule has 0 aromatic carbocycles. The number of carbonyl (C=O) groups excluding carboxylic acids is 1. The van der Waals surface area contributed by atoms with E-state index in [4.69, 9.17) is 5.73 Å². The number of rotatable bonds is 4. The second-order valence-corrected chi connectivity index (χ2v) is 6.12. The Morgan fingerprint density at radius 1 is 1.62 bits per heavy atom. The summed E-state index contributed by atoms with van der Waals surface area (Å²) in [5.74, 6) is 0.00766. The molecule has 1 atom stereocenters. The van der Waals surface area contributed by atoms with Crippen molar-refractivity contribution in [1.29, 1.82) is 0 Å². The van der Waals surface area contributed by atoms with Crippen LogP contribution in [0.5, 0.6) is 0 Å². The lowest BCUT2D eigenvalue weighted by molar-refractivity contribution is -0.123. The van der Waals surface area contributed by atoms with Crippen LogP contribution in [-0.2, 0) is 11.2 Å². The third-order valence-electron chi connectivity index (χ3n) is 2.92. The van der Waals surface area contributed by atoms with Crippen molar-refractivity contribution in [3.05, 3.63) is 21.9 Å². The van der Waals surface area contributed by atoms with Gasteiger partial charge in [0.1, 0.15) is 0 Å². The lowest BCUT2D eigenvalue weighted by Crippen LogP contribution is -2.46. The minimum Gasteiger partial charge on any atom is -0.352 e. The van der Waals surface area contributed by atoms with Gasteiger partial charge in [0, 0.05) is 22.2 Å². The Hall–Kier alpha value is -0.870. The standard InChI is InChI=1S/C12H18N2OS/c1-8(7-10-4-3-9(2)16-10)14-11(15)12(13)5-6-12/h3-4,8H,5-7,13H2,1-2H3,(H,14,15). The number of thiophene rings is 1. The van der Waals surface area contributed by atoms with Crippen LogP contribution in [0.25, 0.3) is 0 Å². The first-order valence-corrected chi connectivity index (χ1v) is 6.46. The van der Waals surface area contributed by atoms with Crippen LogP contribution < -0.4 is 11.1 Å². The van der Waals surface area contributed by atoms with Crippen molar-refractivity contribution in [2.45, 2.75) is 44.7 Å². The minimum atomic E-state index is -0.556. The van der Waals surface area contributed by atoms with Gasteiger partial charge < -0.3 is 11.1 Å². The van der Waals surface area contributed by atoms with Crippen LogP contribution in [-0.4, -0.2) is 17.5 Å². The van der Waals surface area contributed by atoms with Crippen LogP contribution in [0.4, 0.5) is 0 Å². The van der Waals surface area contributed by atoms with Crippen LogP contribution >= 0.6 is 11.3 Å². The first-order chi connectivity index (χ1) is 7.49. The number of amides is 1. The van der Waals surface area contributed by atoms with E-state index in [1.54, 1.807) is 11.3 Å². The predicted molar refractivity (Wildman–Crippen MR) is 66.5 cm³/mol. The molecule has 3 N–H and O–H groups in total. The van der Waals surface area contributed by atoms with Crippen molar-refractivity contribution in [2.75, 3.05) is 0 Å². The van der Waals surface area contributed by atoms with Crippen LogP contribution in [0.1, 0.15) is 29.5 Å². The van der Waals surface area contributed by atoms with Gasteiger partial charge in [-0.1, -0.05) is 0 Å².